The Morgan fingerprint density at radius 3 is 2.68 bits per heavy atom. The molecule has 2 N–H and O–H groups in total. The van der Waals surface area contributed by atoms with Crippen molar-refractivity contribution in [1.29, 1.82) is 0 Å². The third-order valence-electron chi connectivity index (χ3n) is 10.4. The molecule has 0 saturated heterocycles. The first kappa shape index (κ1) is 31.4. The van der Waals surface area contributed by atoms with Gasteiger partial charge in [-0.1, -0.05) is 23.7 Å². The van der Waals surface area contributed by atoms with Gasteiger partial charge in [0.15, 0.2) is 0 Å². The quantitative estimate of drug-likeness (QED) is 0.293. The Morgan fingerprint density at radius 2 is 2.00 bits per heavy atom. The van der Waals surface area contributed by atoms with Gasteiger partial charge in [0.1, 0.15) is 5.75 Å². The van der Waals surface area contributed by atoms with E-state index in [2.05, 4.69) is 23.1 Å². The van der Waals surface area contributed by atoms with Gasteiger partial charge >= 0.3 is 5.97 Å². The zero-order valence-electron chi connectivity index (χ0n) is 25.6. The number of anilines is 1. The number of halogens is 1. The number of ether oxygens (including phenoxy) is 3. The van der Waals surface area contributed by atoms with Crippen molar-refractivity contribution in [2.75, 3.05) is 44.6 Å². The summed E-state index contributed by atoms with van der Waals surface area (Å²) < 4.78 is 41.1. The van der Waals surface area contributed by atoms with Crippen molar-refractivity contribution < 1.29 is 27.4 Å². The molecule has 10 heteroatoms. The number of fused-ring (bicyclic) bond motifs is 3. The summed E-state index contributed by atoms with van der Waals surface area (Å²) in [5, 5.41) is 6.08. The van der Waals surface area contributed by atoms with Gasteiger partial charge in [0, 0.05) is 30.6 Å². The van der Waals surface area contributed by atoms with Crippen LogP contribution in [0.4, 0.5) is 5.69 Å². The van der Waals surface area contributed by atoms with Crippen molar-refractivity contribution in [3.63, 3.8) is 0 Å². The number of hydrogen-bond acceptors (Lipinski definition) is 7. The molecule has 1 heterocycles. The van der Waals surface area contributed by atoms with E-state index in [4.69, 9.17) is 31.0 Å². The fourth-order valence-corrected chi connectivity index (χ4v) is 9.26. The number of carbonyl (C=O) groups is 1. The summed E-state index contributed by atoms with van der Waals surface area (Å²) in [7, 11) is -0.293. The van der Waals surface area contributed by atoms with Crippen LogP contribution in [0.15, 0.2) is 48.0 Å². The number of sulfonamides is 1. The van der Waals surface area contributed by atoms with E-state index in [1.54, 1.807) is 13.2 Å². The largest absolute Gasteiger partial charge is 0.490 e. The molecule has 2 aromatic carbocycles. The zero-order valence-corrected chi connectivity index (χ0v) is 27.2. The number of nitrogens with two attached hydrogens (primary N) is 1. The molecule has 1 spiro atoms. The molecule has 238 valence electrons. The molecule has 1 fully saturated rings. The molecule has 44 heavy (non-hydrogen) atoms. The Kier molecular flexibility index (Phi) is 9.03. The molecule has 0 radical (unpaired) electrons. The number of hydrogen-bond donors (Lipinski definition) is 1. The summed E-state index contributed by atoms with van der Waals surface area (Å²) in [6.07, 6.45) is 9.78. The van der Waals surface area contributed by atoms with E-state index in [-0.39, 0.29) is 29.2 Å². The predicted octanol–water partition coefficient (Wildman–Crippen LogP) is 5.66. The van der Waals surface area contributed by atoms with E-state index in [1.807, 2.05) is 18.2 Å². The Hall–Kier alpha value is -2.59. The van der Waals surface area contributed by atoms with Crippen LogP contribution in [0.3, 0.4) is 0 Å². The second-order valence-electron chi connectivity index (χ2n) is 13.2. The van der Waals surface area contributed by atoms with Gasteiger partial charge in [-0.3, -0.25) is 0 Å². The number of methoxy groups -OCH3 is 2. The summed E-state index contributed by atoms with van der Waals surface area (Å²) in [5.41, 5.74) is 5.10. The summed E-state index contributed by atoms with van der Waals surface area (Å²) in [4.78, 5) is 15.0. The van der Waals surface area contributed by atoms with E-state index in [0.29, 0.717) is 30.4 Å². The number of primary sulfonamides is 1. The van der Waals surface area contributed by atoms with Crippen molar-refractivity contribution in [2.45, 2.75) is 62.9 Å². The minimum Gasteiger partial charge on any atom is -0.490 e. The van der Waals surface area contributed by atoms with E-state index < -0.39 is 10.0 Å². The van der Waals surface area contributed by atoms with E-state index in [9.17, 15) is 13.2 Å². The first-order chi connectivity index (χ1) is 21.1. The normalized spacial score (nSPS) is 27.2. The topological polar surface area (TPSA) is 108 Å². The highest BCUT2D eigenvalue weighted by Gasteiger charge is 2.45. The lowest BCUT2D eigenvalue weighted by molar-refractivity contribution is 0.00323. The molecule has 1 unspecified atom stereocenters. The number of benzene rings is 2. The minimum atomic E-state index is -3.48. The van der Waals surface area contributed by atoms with Gasteiger partial charge in [-0.2, -0.15) is 0 Å². The van der Waals surface area contributed by atoms with Crippen LogP contribution < -0.4 is 14.8 Å². The summed E-state index contributed by atoms with van der Waals surface area (Å²) in [6, 6.07) is 11.9. The first-order valence-electron chi connectivity index (χ1n) is 15.7. The van der Waals surface area contributed by atoms with E-state index >= 15 is 0 Å². The summed E-state index contributed by atoms with van der Waals surface area (Å²) in [5.74, 6) is 1.25. The van der Waals surface area contributed by atoms with Gasteiger partial charge in [0.2, 0.25) is 10.0 Å². The minimum absolute atomic E-state index is 0.000191. The van der Waals surface area contributed by atoms with Crippen molar-refractivity contribution in [1.82, 2.24) is 0 Å². The Balaban J connectivity index is 1.29. The van der Waals surface area contributed by atoms with E-state index in [1.165, 1.54) is 23.8 Å². The van der Waals surface area contributed by atoms with Crippen molar-refractivity contribution in [2.24, 2.45) is 22.9 Å². The summed E-state index contributed by atoms with van der Waals surface area (Å²) in [6.45, 7) is 2.15. The van der Waals surface area contributed by atoms with Crippen LogP contribution in [0.25, 0.3) is 0 Å². The third kappa shape index (κ3) is 6.39. The van der Waals surface area contributed by atoms with Gasteiger partial charge in [-0.15, -0.1) is 0 Å². The van der Waals surface area contributed by atoms with Crippen molar-refractivity contribution >= 4 is 33.3 Å². The van der Waals surface area contributed by atoms with Gasteiger partial charge in [-0.25, -0.2) is 18.4 Å². The number of nitrogens with zero attached hydrogens (tertiary/aromatic N) is 1. The molecule has 4 aliphatic rings. The van der Waals surface area contributed by atoms with Crippen LogP contribution in [-0.4, -0.2) is 60.2 Å². The van der Waals surface area contributed by atoms with E-state index in [0.717, 1.165) is 74.5 Å². The van der Waals surface area contributed by atoms with Crippen LogP contribution in [-0.2, 0) is 31.3 Å². The van der Waals surface area contributed by atoms with Crippen molar-refractivity contribution in [3.8, 4) is 5.75 Å². The molecule has 1 saturated carbocycles. The molecular weight excluding hydrogens is 600 g/mol. The highest BCUT2D eigenvalue weighted by atomic mass is 35.5. The van der Waals surface area contributed by atoms with Crippen LogP contribution in [0.2, 0.25) is 5.02 Å². The fourth-order valence-electron chi connectivity index (χ4n) is 8.11. The number of carbonyl (C=O) groups excluding carboxylic acids is 1. The standard InChI is InChI=1S/C34H43ClN2O6S/c1-41-32(23-7-5-22(6-8-23)19-44(36,39)40)28-12-9-26(28)18-37-20-34(15-3-4-24-16-27(35)11-13-29(24)34)21-43-31-14-10-25(17-30(31)37)33(38)42-2/h7,10-11,13-14,16-17,22,26,28,32H,3-6,8-9,12,15,18-21H2,1-2H3,(H2,36,39,40)/t22-,26+,28-,32?,34+/m1/s1. The smallest absolute Gasteiger partial charge is 0.337 e. The second kappa shape index (κ2) is 12.7. The SMILES string of the molecule is COC(=O)c1ccc2c(c1)N(C[C@@H]1CC[C@H]1C(OC)C1=CC[C@@H](CS(N)(=O)=O)CC1)C[C@@]1(CCCc3cc(Cl)ccc31)CO2. The Labute approximate surface area is 265 Å². The molecular formula is C34H43ClN2O6S. The first-order valence-corrected chi connectivity index (χ1v) is 17.8. The number of esters is 1. The number of rotatable bonds is 8. The molecule has 1 aliphatic heterocycles. The van der Waals surface area contributed by atoms with Gasteiger partial charge in [-0.05, 0) is 116 Å². The number of aryl methyl sites for hydroxylation is 1. The molecule has 6 rings (SSSR count). The average molecular weight is 643 g/mol. The maximum Gasteiger partial charge on any atom is 0.337 e. The lowest BCUT2D eigenvalue weighted by Crippen LogP contribution is -2.50. The lowest BCUT2D eigenvalue weighted by Gasteiger charge is -2.47. The number of allylic oxidation sites excluding steroid dienone is 1. The highest BCUT2D eigenvalue weighted by Crippen LogP contribution is 2.48. The van der Waals surface area contributed by atoms with Crippen molar-refractivity contribution in [3.05, 3.63) is 69.8 Å². The van der Waals surface area contributed by atoms with Crippen LogP contribution in [0.1, 0.15) is 66.4 Å². The van der Waals surface area contributed by atoms with Crippen LogP contribution in [0, 0.1) is 17.8 Å². The third-order valence-corrected chi connectivity index (χ3v) is 11.6. The Morgan fingerprint density at radius 1 is 1.16 bits per heavy atom. The maximum absolute atomic E-state index is 12.6. The summed E-state index contributed by atoms with van der Waals surface area (Å²) >= 11 is 6.42. The second-order valence-corrected chi connectivity index (χ2v) is 15.3. The Bertz CT molecular complexity index is 1540. The van der Waals surface area contributed by atoms with Gasteiger partial charge in [0.05, 0.1) is 36.8 Å². The molecule has 2 aromatic rings. The van der Waals surface area contributed by atoms with Crippen LogP contribution >= 0.6 is 11.6 Å². The predicted molar refractivity (Wildman–Crippen MR) is 172 cm³/mol. The van der Waals surface area contributed by atoms with Gasteiger partial charge in [0.25, 0.3) is 0 Å². The zero-order chi connectivity index (χ0) is 31.1. The highest BCUT2D eigenvalue weighted by molar-refractivity contribution is 7.89. The molecule has 0 aromatic heterocycles. The molecule has 0 bridgehead atoms. The molecule has 0 amide bonds. The molecule has 8 nitrogen and oxygen atoms in total. The molecule has 3 aliphatic carbocycles. The fraction of sp³-hybridized carbons (Fsp3) is 0.559. The average Bonchev–Trinajstić information content (AvgIpc) is 3.14. The van der Waals surface area contributed by atoms with Crippen LogP contribution in [0.5, 0.6) is 5.75 Å². The maximum atomic E-state index is 12.6. The molecule has 5 atom stereocenters. The monoisotopic (exact) mass is 642 g/mol. The van der Waals surface area contributed by atoms with Gasteiger partial charge < -0.3 is 19.1 Å². The lowest BCUT2D eigenvalue weighted by atomic mass is 9.66.